The quantitative estimate of drug-likeness (QED) is 0.789. The number of hydrogen-bond donors (Lipinski definition) is 1. The van der Waals surface area contributed by atoms with Crippen LogP contribution in [0, 0.1) is 6.92 Å². The summed E-state index contributed by atoms with van der Waals surface area (Å²) in [5.41, 5.74) is 2.12. The highest BCUT2D eigenvalue weighted by atomic mass is 79.9. The van der Waals surface area contributed by atoms with E-state index in [0.29, 0.717) is 17.9 Å². The van der Waals surface area contributed by atoms with Crippen LogP contribution < -0.4 is 15.0 Å². The Bertz CT molecular complexity index is 774. The molecule has 3 rings (SSSR count). The van der Waals surface area contributed by atoms with Gasteiger partial charge in [0.2, 0.25) is 0 Å². The number of rotatable bonds is 6. The Morgan fingerprint density at radius 3 is 2.84 bits per heavy atom. The monoisotopic (exact) mass is 405 g/mol. The summed E-state index contributed by atoms with van der Waals surface area (Å²) in [4.78, 5) is 14.7. The van der Waals surface area contributed by atoms with Crippen LogP contribution in [0.25, 0.3) is 0 Å². The molecule has 6 nitrogen and oxygen atoms in total. The molecule has 7 heteroatoms. The van der Waals surface area contributed by atoms with Crippen molar-refractivity contribution in [2.24, 2.45) is 0 Å². The van der Waals surface area contributed by atoms with Crippen LogP contribution in [-0.2, 0) is 0 Å². The number of amides is 1. The maximum atomic E-state index is 12.6. The van der Waals surface area contributed by atoms with Crippen LogP contribution in [0.15, 0.2) is 22.7 Å². The predicted octanol–water partition coefficient (Wildman–Crippen LogP) is 3.94. The first kappa shape index (κ1) is 17.8. The van der Waals surface area contributed by atoms with Crippen molar-refractivity contribution in [3.05, 3.63) is 39.5 Å². The van der Waals surface area contributed by atoms with Crippen molar-refractivity contribution < 1.29 is 9.53 Å². The molecule has 1 amide bonds. The Balaban J connectivity index is 2.06. The number of carbonyl (C=O) groups is 1. The predicted molar refractivity (Wildman–Crippen MR) is 100 cm³/mol. The summed E-state index contributed by atoms with van der Waals surface area (Å²) in [5, 5.41) is 11.7. The third-order valence-electron chi connectivity index (χ3n) is 4.14. The lowest BCUT2D eigenvalue weighted by atomic mass is 10.0. The van der Waals surface area contributed by atoms with Crippen LogP contribution in [0.1, 0.15) is 54.5 Å². The zero-order valence-corrected chi connectivity index (χ0v) is 16.3. The molecule has 133 valence electrons. The SMILES string of the molecule is CCCOc1ccc(Br)cc1C1[N]C(=O)c2c(C)n[nH]c2N1CCC. The smallest absolute Gasteiger partial charge is 0.280 e. The minimum atomic E-state index is -0.427. The third kappa shape index (κ3) is 3.38. The molecule has 1 aliphatic rings. The number of ether oxygens (including phenoxy) is 1. The number of H-pyrrole nitrogens is 1. The summed E-state index contributed by atoms with van der Waals surface area (Å²) >= 11 is 3.52. The second-order valence-corrected chi connectivity index (χ2v) is 6.98. The molecule has 0 aliphatic carbocycles. The van der Waals surface area contributed by atoms with E-state index in [1.165, 1.54) is 0 Å². The maximum Gasteiger partial charge on any atom is 0.280 e. The average molecular weight is 406 g/mol. The zero-order valence-electron chi connectivity index (χ0n) is 14.7. The molecule has 0 saturated heterocycles. The lowest BCUT2D eigenvalue weighted by Crippen LogP contribution is -2.43. The van der Waals surface area contributed by atoms with Crippen molar-refractivity contribution in [3.63, 3.8) is 0 Å². The maximum absolute atomic E-state index is 12.6. The number of aromatic nitrogens is 2. The number of nitrogens with zero attached hydrogens (tertiary/aromatic N) is 3. The number of hydrogen-bond acceptors (Lipinski definition) is 4. The minimum Gasteiger partial charge on any atom is -0.493 e. The van der Waals surface area contributed by atoms with E-state index in [1.807, 2.05) is 25.1 Å². The van der Waals surface area contributed by atoms with E-state index >= 15 is 0 Å². The molecule has 0 spiro atoms. The van der Waals surface area contributed by atoms with E-state index < -0.39 is 6.17 Å². The molecule has 2 aromatic rings. The second-order valence-electron chi connectivity index (χ2n) is 6.06. The Labute approximate surface area is 156 Å². The van der Waals surface area contributed by atoms with Gasteiger partial charge in [0.25, 0.3) is 5.91 Å². The standard InChI is InChI=1S/C18H22BrN4O2/c1-4-8-23-16(20-18(24)15-11(3)21-22-17(15)23)13-10-12(19)6-7-14(13)25-9-5-2/h6-7,10,16H,4-5,8-9H2,1-3H3,(H,21,22). The number of halogens is 1. The molecule has 2 heterocycles. The summed E-state index contributed by atoms with van der Waals surface area (Å²) in [7, 11) is 0. The Hall–Kier alpha value is -2.02. The van der Waals surface area contributed by atoms with Crippen LogP contribution >= 0.6 is 15.9 Å². The van der Waals surface area contributed by atoms with Crippen LogP contribution in [0.3, 0.4) is 0 Å². The molecule has 25 heavy (non-hydrogen) atoms. The number of aryl methyl sites for hydroxylation is 1. The Morgan fingerprint density at radius 1 is 1.32 bits per heavy atom. The molecule has 0 bridgehead atoms. The van der Waals surface area contributed by atoms with Crippen molar-refractivity contribution in [1.29, 1.82) is 0 Å². The molecular weight excluding hydrogens is 384 g/mol. The fourth-order valence-electron chi connectivity index (χ4n) is 3.03. The van der Waals surface area contributed by atoms with Gasteiger partial charge in [-0.2, -0.15) is 5.10 Å². The van der Waals surface area contributed by atoms with Gasteiger partial charge in [-0.15, -0.1) is 0 Å². The van der Waals surface area contributed by atoms with Crippen LogP contribution in [0.5, 0.6) is 5.75 Å². The zero-order chi connectivity index (χ0) is 18.0. The molecule has 1 unspecified atom stereocenters. The topological polar surface area (TPSA) is 72.3 Å². The van der Waals surface area contributed by atoms with Crippen molar-refractivity contribution in [2.75, 3.05) is 18.1 Å². The summed E-state index contributed by atoms with van der Waals surface area (Å²) in [5.74, 6) is 1.26. The number of carbonyl (C=O) groups excluding carboxylic acids is 1. The highest BCUT2D eigenvalue weighted by Gasteiger charge is 2.37. The van der Waals surface area contributed by atoms with Gasteiger partial charge in [-0.3, -0.25) is 9.89 Å². The summed E-state index contributed by atoms with van der Waals surface area (Å²) < 4.78 is 6.83. The highest BCUT2D eigenvalue weighted by molar-refractivity contribution is 9.10. The van der Waals surface area contributed by atoms with E-state index in [0.717, 1.165) is 41.0 Å². The fourth-order valence-corrected chi connectivity index (χ4v) is 3.41. The molecule has 1 aromatic carbocycles. The molecule has 1 aromatic heterocycles. The lowest BCUT2D eigenvalue weighted by Gasteiger charge is -2.36. The normalized spacial score (nSPS) is 16.6. The number of nitrogens with one attached hydrogen (secondary N) is 1. The largest absolute Gasteiger partial charge is 0.493 e. The van der Waals surface area contributed by atoms with Gasteiger partial charge in [-0.05, 0) is 38.0 Å². The van der Waals surface area contributed by atoms with Crippen molar-refractivity contribution >= 4 is 27.7 Å². The molecular formula is C18H22BrN4O2. The molecule has 1 atom stereocenters. The average Bonchev–Trinajstić information content (AvgIpc) is 2.98. The van der Waals surface area contributed by atoms with E-state index in [4.69, 9.17) is 4.74 Å². The lowest BCUT2D eigenvalue weighted by molar-refractivity contribution is 0.0919. The number of anilines is 1. The summed E-state index contributed by atoms with van der Waals surface area (Å²) in [6, 6.07) is 5.84. The van der Waals surface area contributed by atoms with Gasteiger partial charge in [0.1, 0.15) is 17.1 Å². The molecule has 1 N–H and O–H groups in total. The number of benzene rings is 1. The molecule has 0 saturated carbocycles. The molecule has 1 aliphatic heterocycles. The summed E-state index contributed by atoms with van der Waals surface area (Å²) in [6.45, 7) is 7.37. The van der Waals surface area contributed by atoms with Gasteiger partial charge >= 0.3 is 0 Å². The molecule has 0 fully saturated rings. The van der Waals surface area contributed by atoms with Crippen molar-refractivity contribution in [1.82, 2.24) is 15.5 Å². The highest BCUT2D eigenvalue weighted by Crippen LogP contribution is 2.38. The molecule has 1 radical (unpaired) electrons. The minimum absolute atomic E-state index is 0.236. The van der Waals surface area contributed by atoms with Crippen LogP contribution in [0.2, 0.25) is 0 Å². The van der Waals surface area contributed by atoms with Gasteiger partial charge in [0, 0.05) is 16.6 Å². The number of aromatic amines is 1. The Kier molecular flexibility index (Phi) is 5.32. The van der Waals surface area contributed by atoms with Gasteiger partial charge < -0.3 is 9.64 Å². The van der Waals surface area contributed by atoms with Crippen LogP contribution in [-0.4, -0.2) is 29.3 Å². The van der Waals surface area contributed by atoms with E-state index in [1.54, 1.807) is 0 Å². The van der Waals surface area contributed by atoms with E-state index in [2.05, 4.69) is 50.2 Å². The van der Waals surface area contributed by atoms with E-state index in [9.17, 15) is 4.79 Å². The first-order valence-corrected chi connectivity index (χ1v) is 9.35. The second kappa shape index (κ2) is 7.47. The van der Waals surface area contributed by atoms with Gasteiger partial charge in [-0.1, -0.05) is 29.8 Å². The first-order valence-electron chi connectivity index (χ1n) is 8.55. The van der Waals surface area contributed by atoms with Gasteiger partial charge in [-0.25, -0.2) is 5.32 Å². The summed E-state index contributed by atoms with van der Waals surface area (Å²) in [6.07, 6.45) is 1.42. The van der Waals surface area contributed by atoms with E-state index in [-0.39, 0.29) is 5.91 Å². The number of fused-ring (bicyclic) bond motifs is 1. The van der Waals surface area contributed by atoms with Crippen LogP contribution in [0.4, 0.5) is 5.82 Å². The van der Waals surface area contributed by atoms with Gasteiger partial charge in [0.15, 0.2) is 6.17 Å². The van der Waals surface area contributed by atoms with Crippen molar-refractivity contribution in [3.8, 4) is 5.75 Å². The third-order valence-corrected chi connectivity index (χ3v) is 4.63. The van der Waals surface area contributed by atoms with Crippen molar-refractivity contribution in [2.45, 2.75) is 39.8 Å². The van der Waals surface area contributed by atoms with Gasteiger partial charge in [0.05, 0.1) is 12.3 Å². The fraction of sp³-hybridized carbons (Fsp3) is 0.444. The first-order chi connectivity index (χ1) is 12.1. The Morgan fingerprint density at radius 2 is 2.12 bits per heavy atom.